The Bertz CT molecular complexity index is 3170. The maximum absolute atomic E-state index is 12.2. The highest BCUT2D eigenvalue weighted by atomic mass is 79.9. The van der Waals surface area contributed by atoms with Gasteiger partial charge in [0.2, 0.25) is 0 Å². The first-order valence-corrected chi connectivity index (χ1v) is 38.5. The van der Waals surface area contributed by atoms with Gasteiger partial charge in [-0.3, -0.25) is 0 Å². The number of nitrogens with one attached hydrogen (secondary N) is 2. The molecular formula is C78H121B4Br2ClN4O12. The molecule has 0 atom stereocenters. The SMILES string of the molecule is Brc1ccc(C2CCNCC2)cc1.CC(C)(C)OC(=O)N1CCC(c2ccc(B3OC(C)(C)C(C)(C)O3)cc2)CC1.CC(C)(C)OC(=O)N1CCC(c2ccc(Br)cc2)CC1.CC1(C)OB(B2OC(C)(C)C(C)(C)O2)OC1(C)C.CC1(C)OB(c2ccc(C3CCNCC3)cc2)OC1(C)C.Cl. The third-order valence-corrected chi connectivity index (χ3v) is 23.3. The van der Waals surface area contributed by atoms with E-state index < -0.39 is 25.2 Å². The molecular weight excluding hydrogens is 1420 g/mol. The molecule has 8 heterocycles. The van der Waals surface area contributed by atoms with Crippen molar-refractivity contribution in [1.82, 2.24) is 20.4 Å². The maximum Gasteiger partial charge on any atom is 0.494 e. The summed E-state index contributed by atoms with van der Waals surface area (Å²) in [5.41, 5.74) is 4.26. The lowest BCUT2D eigenvalue weighted by Gasteiger charge is -2.33. The topological polar surface area (TPSA) is 157 Å². The Kier molecular flexibility index (Phi) is 28.7. The number of rotatable bonds is 7. The van der Waals surface area contributed by atoms with Crippen LogP contribution in [0.25, 0.3) is 0 Å². The Morgan fingerprint density at radius 1 is 0.366 bits per heavy atom. The molecule has 8 saturated heterocycles. The average Bonchev–Trinajstić information content (AvgIpc) is 1.61. The van der Waals surface area contributed by atoms with Gasteiger partial charge in [-0.05, 0) is 311 Å². The molecule has 2 amide bonds. The van der Waals surface area contributed by atoms with Gasteiger partial charge in [0.1, 0.15) is 11.2 Å². The molecule has 4 aromatic carbocycles. The Hall–Kier alpha value is -3.47. The van der Waals surface area contributed by atoms with E-state index in [0.717, 1.165) is 86.3 Å². The number of hydrogen-bond acceptors (Lipinski definition) is 14. The predicted molar refractivity (Wildman–Crippen MR) is 421 cm³/mol. The van der Waals surface area contributed by atoms with Crippen LogP contribution in [0.1, 0.15) is 250 Å². The highest BCUT2D eigenvalue weighted by Gasteiger charge is 2.64. The van der Waals surface area contributed by atoms with E-state index in [4.69, 9.17) is 46.7 Å². The summed E-state index contributed by atoms with van der Waals surface area (Å²) < 4.78 is 61.5. The normalized spacial score (nSPS) is 23.0. The minimum absolute atomic E-state index is 0. The molecule has 0 unspecified atom stereocenters. The van der Waals surface area contributed by atoms with Gasteiger partial charge in [0, 0.05) is 35.1 Å². The molecule has 0 spiro atoms. The zero-order chi connectivity index (χ0) is 73.7. The van der Waals surface area contributed by atoms with E-state index >= 15 is 0 Å². The number of halogens is 3. The first kappa shape index (κ1) is 84.8. The quantitative estimate of drug-likeness (QED) is 0.168. The molecule has 16 nitrogen and oxygen atoms in total. The number of hydrogen-bond donors (Lipinski definition) is 2. The molecule has 2 N–H and O–H groups in total. The van der Waals surface area contributed by atoms with Gasteiger partial charge >= 0.3 is 40.4 Å². The lowest BCUT2D eigenvalue weighted by molar-refractivity contribution is 0.00578. The van der Waals surface area contributed by atoms with E-state index in [1.54, 1.807) is 0 Å². The van der Waals surface area contributed by atoms with Gasteiger partial charge in [0.15, 0.2) is 0 Å². The highest BCUT2D eigenvalue weighted by Crippen LogP contribution is 2.44. The number of nitrogens with zero attached hydrogens (tertiary/aromatic N) is 2. The molecule has 558 valence electrons. The van der Waals surface area contributed by atoms with Crippen LogP contribution in [-0.2, 0) is 46.7 Å². The van der Waals surface area contributed by atoms with Crippen LogP contribution in [-0.4, -0.2) is 159 Å². The van der Waals surface area contributed by atoms with E-state index in [0.29, 0.717) is 17.8 Å². The molecule has 0 radical (unpaired) electrons. The first-order valence-electron chi connectivity index (χ1n) is 36.9. The van der Waals surface area contributed by atoms with Crippen molar-refractivity contribution in [2.45, 2.75) is 283 Å². The van der Waals surface area contributed by atoms with Crippen LogP contribution in [0.15, 0.2) is 106 Å². The molecule has 8 aliphatic rings. The largest absolute Gasteiger partial charge is 0.494 e. The van der Waals surface area contributed by atoms with Crippen LogP contribution in [0.2, 0.25) is 0 Å². The standard InChI is InChI=1S/C22H34BNO4.C17H26BNO2.C16H22BrNO2.C12H24B2O4.C11H14BrN.ClH/c1-20(2,3)26-19(25)24-14-12-17(13-15-24)16-8-10-18(11-9-16)23-27-21(4,5)22(6,7)28-23;1-16(2)17(3,4)21-18(20-16)15-7-5-13(6-8-15)14-9-11-19-12-10-14;1-16(2,3)20-15(19)18-10-8-13(9-11-18)12-4-6-14(17)7-5-12;1-9(2)10(3,4)16-13(15-9)14-17-11(5,6)12(7,8)18-14;12-11-3-1-9(2-4-11)10-5-7-13-8-6-10;/h8-11,17H,12-15H2,1-7H3;5-8,14,19H,9-12H2,1-4H3;4-7,13H,8-11H2,1-3H3;1-8H3;1-4,10,13H,5-8H2;1H. The van der Waals surface area contributed by atoms with Crippen molar-refractivity contribution in [2.75, 3.05) is 52.4 Å². The van der Waals surface area contributed by atoms with E-state index in [2.05, 4.69) is 195 Å². The third-order valence-electron chi connectivity index (χ3n) is 22.3. The summed E-state index contributed by atoms with van der Waals surface area (Å²) in [6.07, 6.45) is 8.54. The number of ether oxygens (including phenoxy) is 2. The summed E-state index contributed by atoms with van der Waals surface area (Å²) in [7, 11) is -1.53. The number of carbonyl (C=O) groups excluding carboxylic acids is 2. The molecule has 8 aliphatic heterocycles. The van der Waals surface area contributed by atoms with Crippen molar-refractivity contribution in [3.63, 3.8) is 0 Å². The van der Waals surface area contributed by atoms with Crippen LogP contribution in [0.3, 0.4) is 0 Å². The molecule has 23 heteroatoms. The minimum atomic E-state index is -0.476. The van der Waals surface area contributed by atoms with E-state index in [9.17, 15) is 9.59 Å². The zero-order valence-electron chi connectivity index (χ0n) is 65.1. The summed E-state index contributed by atoms with van der Waals surface area (Å²) in [5.74, 6) is 2.47. The number of likely N-dealkylation sites (tertiary alicyclic amines) is 2. The van der Waals surface area contributed by atoms with Gasteiger partial charge in [-0.15, -0.1) is 12.4 Å². The fourth-order valence-corrected chi connectivity index (χ4v) is 13.6. The molecule has 0 aromatic heterocycles. The number of piperidine rings is 4. The Morgan fingerprint density at radius 2 is 0.574 bits per heavy atom. The van der Waals surface area contributed by atoms with E-state index in [1.807, 2.05) is 107 Å². The van der Waals surface area contributed by atoms with E-state index in [1.165, 1.54) is 65.5 Å². The van der Waals surface area contributed by atoms with Crippen molar-refractivity contribution in [2.24, 2.45) is 0 Å². The minimum Gasteiger partial charge on any atom is -0.444 e. The molecule has 8 fully saturated rings. The summed E-state index contributed by atoms with van der Waals surface area (Å²) >= 11 is 6.91. The van der Waals surface area contributed by atoms with Crippen LogP contribution >= 0.6 is 44.3 Å². The molecule has 12 rings (SSSR count). The Morgan fingerprint density at radius 3 is 0.802 bits per heavy atom. The van der Waals surface area contributed by atoms with Crippen molar-refractivity contribution in [3.05, 3.63) is 128 Å². The Labute approximate surface area is 632 Å². The maximum atomic E-state index is 12.2. The predicted octanol–water partition coefficient (Wildman–Crippen LogP) is 16.7. The molecule has 4 aromatic rings. The average molecular weight is 1550 g/mol. The van der Waals surface area contributed by atoms with Crippen LogP contribution in [0.4, 0.5) is 9.59 Å². The lowest BCUT2D eigenvalue weighted by Crippen LogP contribution is -2.41. The van der Waals surface area contributed by atoms with Gasteiger partial charge in [-0.1, -0.05) is 105 Å². The monoisotopic (exact) mass is 1540 g/mol. The van der Waals surface area contributed by atoms with Gasteiger partial charge in [-0.25, -0.2) is 9.59 Å². The van der Waals surface area contributed by atoms with Gasteiger partial charge in [0.25, 0.3) is 0 Å². The molecule has 0 bridgehead atoms. The summed E-state index contributed by atoms with van der Waals surface area (Å²) in [6, 6.07) is 34.6. The van der Waals surface area contributed by atoms with Gasteiger partial charge < -0.3 is 67.1 Å². The van der Waals surface area contributed by atoms with Gasteiger partial charge in [0.05, 0.1) is 44.8 Å². The van der Waals surface area contributed by atoms with Crippen molar-refractivity contribution < 1.29 is 56.3 Å². The summed E-state index contributed by atoms with van der Waals surface area (Å²) in [6.45, 7) is 51.9. The van der Waals surface area contributed by atoms with Crippen molar-refractivity contribution in [1.29, 1.82) is 0 Å². The fourth-order valence-electron chi connectivity index (χ4n) is 13.0. The second kappa shape index (κ2) is 34.2. The van der Waals surface area contributed by atoms with Crippen molar-refractivity contribution >= 4 is 95.6 Å². The van der Waals surface area contributed by atoms with Crippen LogP contribution < -0.4 is 21.6 Å². The highest BCUT2D eigenvalue weighted by molar-refractivity contribution is 9.10. The second-order valence-electron chi connectivity index (χ2n) is 34.4. The number of benzene rings is 4. The van der Waals surface area contributed by atoms with E-state index in [-0.39, 0.29) is 83.6 Å². The summed E-state index contributed by atoms with van der Waals surface area (Å²) in [4.78, 5) is 27.9. The second-order valence-corrected chi connectivity index (χ2v) is 36.2. The van der Waals surface area contributed by atoms with Crippen LogP contribution in [0.5, 0.6) is 0 Å². The molecule has 0 saturated carbocycles. The third kappa shape index (κ3) is 22.8. The smallest absolute Gasteiger partial charge is 0.444 e. The summed E-state index contributed by atoms with van der Waals surface area (Å²) in [5, 5.41) is 6.81. The molecule has 0 aliphatic carbocycles. The first-order chi connectivity index (χ1) is 46.4. The number of carbonyl (C=O) groups is 2. The molecule has 101 heavy (non-hydrogen) atoms. The van der Waals surface area contributed by atoms with Crippen LogP contribution in [0, 0.1) is 0 Å². The van der Waals surface area contributed by atoms with Crippen molar-refractivity contribution in [3.8, 4) is 0 Å². The number of amides is 2. The van der Waals surface area contributed by atoms with Gasteiger partial charge in [-0.2, -0.15) is 0 Å². The zero-order valence-corrected chi connectivity index (χ0v) is 69.1. The lowest BCUT2D eigenvalue weighted by atomic mass is 9.49. The fraction of sp³-hybridized carbons (Fsp3) is 0.667. The Balaban J connectivity index is 0.000000180.